The molecule has 0 aliphatic rings. The molecule has 0 N–H and O–H groups in total. The maximum atomic E-state index is 5.89. The summed E-state index contributed by atoms with van der Waals surface area (Å²) >= 11 is 10.6. The van der Waals surface area contributed by atoms with E-state index in [0.717, 1.165) is 28.5 Å². The fraction of sp³-hybridized carbons (Fsp3) is 0.190. The first-order valence-electron chi connectivity index (χ1n) is 8.24. The van der Waals surface area contributed by atoms with Crippen LogP contribution in [-0.2, 0) is 13.5 Å². The fourth-order valence-electron chi connectivity index (χ4n) is 3.01. The van der Waals surface area contributed by atoms with Crippen LogP contribution in [0.3, 0.4) is 0 Å². The van der Waals surface area contributed by atoms with Crippen molar-refractivity contribution in [3.05, 3.63) is 72.1 Å². The lowest BCUT2D eigenvalue weighted by molar-refractivity contribution is 0.905. The molecule has 1 nitrogen and oxygen atoms in total. The van der Waals surface area contributed by atoms with Crippen LogP contribution >= 0.6 is 57.4 Å². The average Bonchev–Trinajstić information content (AvgIpc) is 2.56. The van der Waals surface area contributed by atoms with Crippen molar-refractivity contribution >= 4 is 57.4 Å². The summed E-state index contributed by atoms with van der Waals surface area (Å²) in [6.45, 7) is 2.21. The number of pyridine rings is 1. The van der Waals surface area contributed by atoms with E-state index in [-0.39, 0.29) is 0 Å². The van der Waals surface area contributed by atoms with E-state index >= 15 is 0 Å². The molecule has 0 bridgehead atoms. The van der Waals surface area contributed by atoms with Gasteiger partial charge in [-0.05, 0) is 86.5 Å². The van der Waals surface area contributed by atoms with Gasteiger partial charge < -0.3 is 4.57 Å². The van der Waals surface area contributed by atoms with Crippen LogP contribution in [0.15, 0.2) is 54.9 Å². The van der Waals surface area contributed by atoms with Gasteiger partial charge in [0, 0.05) is 37.7 Å². The molecule has 0 saturated heterocycles. The van der Waals surface area contributed by atoms with Crippen LogP contribution < -0.4 is 0 Å². The Hall–Kier alpha value is -0.730. The minimum absolute atomic E-state index is 0.921. The highest BCUT2D eigenvalue weighted by molar-refractivity contribution is 14.1. The summed E-state index contributed by atoms with van der Waals surface area (Å²) in [5, 5.41) is 0. The molecule has 0 spiro atoms. The lowest BCUT2D eigenvalue weighted by Crippen LogP contribution is -1.96. The third-order valence-corrected chi connectivity index (χ3v) is 5.79. The van der Waals surface area contributed by atoms with Crippen LogP contribution in [-0.4, -0.2) is 4.57 Å². The Morgan fingerprint density at radius 1 is 0.920 bits per heavy atom. The van der Waals surface area contributed by atoms with Crippen molar-refractivity contribution in [2.24, 2.45) is 7.05 Å². The molecule has 4 heteroatoms. The van der Waals surface area contributed by atoms with Gasteiger partial charge >= 0.3 is 0 Å². The van der Waals surface area contributed by atoms with Gasteiger partial charge in [0.15, 0.2) is 0 Å². The lowest BCUT2D eigenvalue weighted by Gasteiger charge is -2.12. The van der Waals surface area contributed by atoms with E-state index in [2.05, 4.69) is 119 Å². The van der Waals surface area contributed by atoms with Gasteiger partial charge in [-0.2, -0.15) is 0 Å². The van der Waals surface area contributed by atoms with E-state index in [1.165, 1.54) is 23.8 Å². The van der Waals surface area contributed by atoms with E-state index in [1.807, 2.05) is 0 Å². The van der Waals surface area contributed by atoms with E-state index in [9.17, 15) is 0 Å². The fourth-order valence-corrected chi connectivity index (χ4v) is 5.29. The van der Waals surface area contributed by atoms with Gasteiger partial charge in [0.05, 0.1) is 4.51 Å². The summed E-state index contributed by atoms with van der Waals surface area (Å²) in [6, 6.07) is 15.3. The summed E-state index contributed by atoms with van der Waals surface area (Å²) in [7, 11) is 2.07. The van der Waals surface area contributed by atoms with E-state index in [0.29, 0.717) is 0 Å². The third kappa shape index (κ3) is 4.52. The molecule has 0 atom stereocenters. The van der Waals surface area contributed by atoms with Gasteiger partial charge in [0.2, 0.25) is 0 Å². The van der Waals surface area contributed by atoms with Gasteiger partial charge in [-0.1, -0.05) is 49.8 Å². The second kappa shape index (κ2) is 8.31. The molecule has 0 unspecified atom stereocenters. The van der Waals surface area contributed by atoms with Crippen LogP contribution in [0.1, 0.15) is 18.9 Å². The first kappa shape index (κ1) is 19.0. The van der Waals surface area contributed by atoms with Crippen LogP contribution in [0.25, 0.3) is 22.3 Å². The first-order chi connectivity index (χ1) is 12.0. The molecule has 128 valence electrons. The Labute approximate surface area is 181 Å². The minimum Gasteiger partial charge on any atom is -0.356 e. The predicted molar refractivity (Wildman–Crippen MR) is 127 cm³/mol. The van der Waals surface area contributed by atoms with Crippen molar-refractivity contribution in [3.8, 4) is 22.3 Å². The summed E-state index contributed by atoms with van der Waals surface area (Å²) in [5.74, 6) is 0. The number of hydrogen-bond acceptors (Lipinski definition) is 1. The molecule has 3 rings (SSSR count). The third-order valence-electron chi connectivity index (χ3n) is 4.10. The Morgan fingerprint density at radius 3 is 2.20 bits per heavy atom. The molecule has 0 amide bonds. The second-order valence-electron chi connectivity index (χ2n) is 6.19. The number of nitrogens with zero attached hydrogens (tertiary/aromatic N) is 1. The van der Waals surface area contributed by atoms with Crippen LogP contribution in [0.2, 0.25) is 0 Å². The zero-order chi connectivity index (χ0) is 18.0. The Balaban J connectivity index is 2.18. The molecule has 0 radical (unpaired) electrons. The molecular formula is C21H19I2NS. The molecule has 3 aromatic rings. The average molecular weight is 571 g/mol. The number of aromatic nitrogens is 1. The highest BCUT2D eigenvalue weighted by Crippen LogP contribution is 2.31. The topological polar surface area (TPSA) is 4.93 Å². The van der Waals surface area contributed by atoms with Gasteiger partial charge in [-0.3, -0.25) is 0 Å². The van der Waals surface area contributed by atoms with Crippen molar-refractivity contribution in [1.29, 1.82) is 0 Å². The van der Waals surface area contributed by atoms with Gasteiger partial charge in [-0.25, -0.2) is 0 Å². The monoisotopic (exact) mass is 571 g/mol. The maximum Gasteiger partial charge on any atom is 0.0563 e. The van der Waals surface area contributed by atoms with Crippen molar-refractivity contribution in [3.63, 3.8) is 0 Å². The minimum atomic E-state index is 0.921. The molecule has 0 saturated carbocycles. The standard InChI is InChI=1S/C21H19I2NS/c1-3-5-14-6-4-7-15(8-14)19-12-24(2)13-20(21(19)25)16-9-17(22)11-18(23)10-16/h4,6-13H,3,5H2,1-2H3. The predicted octanol–water partition coefficient (Wildman–Crippen LogP) is 7.25. The number of aryl methyl sites for hydroxylation is 2. The SMILES string of the molecule is CCCc1cccc(-c2cn(C)cc(-c3cc(I)cc(I)c3)c2=S)c1. The molecule has 1 aromatic heterocycles. The Bertz CT molecular complexity index is 956. The molecule has 2 aromatic carbocycles. The van der Waals surface area contributed by atoms with Crippen molar-refractivity contribution < 1.29 is 0 Å². The summed E-state index contributed by atoms with van der Waals surface area (Å²) in [6.07, 6.45) is 6.51. The van der Waals surface area contributed by atoms with Gasteiger partial charge in [0.1, 0.15) is 0 Å². The number of hydrogen-bond donors (Lipinski definition) is 0. The van der Waals surface area contributed by atoms with Crippen LogP contribution in [0.4, 0.5) is 0 Å². The highest BCUT2D eigenvalue weighted by Gasteiger charge is 2.10. The summed E-state index contributed by atoms with van der Waals surface area (Å²) in [4.78, 5) is 0. The van der Waals surface area contributed by atoms with E-state index < -0.39 is 0 Å². The Morgan fingerprint density at radius 2 is 1.56 bits per heavy atom. The summed E-state index contributed by atoms with van der Waals surface area (Å²) in [5.41, 5.74) is 6.00. The molecular weight excluding hydrogens is 552 g/mol. The van der Waals surface area contributed by atoms with Gasteiger partial charge in [-0.15, -0.1) is 0 Å². The van der Waals surface area contributed by atoms with Crippen molar-refractivity contribution in [2.75, 3.05) is 0 Å². The smallest absolute Gasteiger partial charge is 0.0563 e. The zero-order valence-electron chi connectivity index (χ0n) is 14.2. The van der Waals surface area contributed by atoms with Crippen molar-refractivity contribution in [2.45, 2.75) is 19.8 Å². The largest absolute Gasteiger partial charge is 0.356 e. The highest BCUT2D eigenvalue weighted by atomic mass is 127. The molecule has 0 fully saturated rings. The molecule has 1 heterocycles. The van der Waals surface area contributed by atoms with E-state index in [4.69, 9.17) is 12.2 Å². The summed E-state index contributed by atoms with van der Waals surface area (Å²) < 4.78 is 5.49. The van der Waals surface area contributed by atoms with E-state index in [1.54, 1.807) is 0 Å². The normalized spacial score (nSPS) is 10.9. The second-order valence-corrected chi connectivity index (χ2v) is 9.09. The molecule has 0 aliphatic carbocycles. The number of benzene rings is 2. The first-order valence-corrected chi connectivity index (χ1v) is 10.8. The van der Waals surface area contributed by atoms with Crippen LogP contribution in [0, 0.1) is 11.7 Å². The number of rotatable bonds is 4. The Kier molecular flexibility index (Phi) is 6.33. The van der Waals surface area contributed by atoms with Crippen LogP contribution in [0.5, 0.6) is 0 Å². The van der Waals surface area contributed by atoms with Gasteiger partial charge in [0.25, 0.3) is 0 Å². The quantitative estimate of drug-likeness (QED) is 0.236. The maximum absolute atomic E-state index is 5.89. The molecule has 0 aliphatic heterocycles. The molecule has 25 heavy (non-hydrogen) atoms. The zero-order valence-corrected chi connectivity index (χ0v) is 19.4. The number of halogens is 2. The van der Waals surface area contributed by atoms with Crippen molar-refractivity contribution in [1.82, 2.24) is 4.57 Å². The lowest BCUT2D eigenvalue weighted by atomic mass is 9.99.